The maximum Gasteiger partial charge on any atom is 0.251 e. The Morgan fingerprint density at radius 3 is 2.52 bits per heavy atom. The van der Waals surface area contributed by atoms with Gasteiger partial charge in [0.1, 0.15) is 10.6 Å². The van der Waals surface area contributed by atoms with Crippen LogP contribution in [0.2, 0.25) is 0 Å². The Morgan fingerprint density at radius 2 is 1.93 bits per heavy atom. The molecule has 1 fully saturated rings. The molecule has 7 nitrogen and oxygen atoms in total. The molecule has 1 aliphatic heterocycles. The van der Waals surface area contributed by atoms with Crippen LogP contribution in [0, 0.1) is 11.8 Å². The molecule has 1 aromatic carbocycles. The fourth-order valence-corrected chi connectivity index (χ4v) is 4.64. The minimum absolute atomic E-state index is 0.0450. The molecule has 1 aliphatic rings. The van der Waals surface area contributed by atoms with Crippen molar-refractivity contribution in [3.05, 3.63) is 23.8 Å². The fourth-order valence-electron chi connectivity index (χ4n) is 3.72. The molecule has 1 aromatic rings. The molecule has 0 bridgehead atoms. The third-order valence-corrected chi connectivity index (χ3v) is 6.30. The van der Waals surface area contributed by atoms with Crippen molar-refractivity contribution < 1.29 is 17.9 Å². The molecule has 1 amide bonds. The lowest BCUT2D eigenvalue weighted by molar-refractivity contribution is 0.0947. The molecular weight excluding hydrogens is 366 g/mol. The van der Waals surface area contributed by atoms with Crippen molar-refractivity contribution in [2.24, 2.45) is 11.8 Å². The lowest BCUT2D eigenvalue weighted by Crippen LogP contribution is -2.40. The van der Waals surface area contributed by atoms with Gasteiger partial charge in [0.2, 0.25) is 10.0 Å². The zero-order chi connectivity index (χ0) is 20.0. The Morgan fingerprint density at radius 1 is 1.26 bits per heavy atom. The number of methoxy groups -OCH3 is 1. The number of hydrogen-bond donors (Lipinski definition) is 2. The third-order valence-electron chi connectivity index (χ3n) is 4.87. The molecule has 2 N–H and O–H groups in total. The Balaban J connectivity index is 1.91. The number of nitrogens with one attached hydrogen (secondary N) is 2. The first-order valence-electron chi connectivity index (χ1n) is 9.39. The van der Waals surface area contributed by atoms with Gasteiger partial charge in [-0.05, 0) is 56.5 Å². The predicted octanol–water partition coefficient (Wildman–Crippen LogP) is 1.70. The summed E-state index contributed by atoms with van der Waals surface area (Å²) in [4.78, 5) is 14.8. The van der Waals surface area contributed by atoms with Gasteiger partial charge in [-0.15, -0.1) is 0 Å². The van der Waals surface area contributed by atoms with Gasteiger partial charge in [-0.1, -0.05) is 13.8 Å². The molecule has 0 spiro atoms. The van der Waals surface area contributed by atoms with Gasteiger partial charge in [-0.25, -0.2) is 13.1 Å². The summed E-state index contributed by atoms with van der Waals surface area (Å²) in [5, 5.41) is 2.87. The van der Waals surface area contributed by atoms with Crippen molar-refractivity contribution in [1.29, 1.82) is 0 Å². The van der Waals surface area contributed by atoms with Gasteiger partial charge in [0.05, 0.1) is 7.11 Å². The first kappa shape index (κ1) is 21.7. The highest BCUT2D eigenvalue weighted by Gasteiger charge is 2.22. The maximum absolute atomic E-state index is 12.4. The van der Waals surface area contributed by atoms with Crippen LogP contribution in [-0.2, 0) is 10.0 Å². The number of ether oxygens (including phenoxy) is 1. The van der Waals surface area contributed by atoms with Crippen molar-refractivity contribution in [3.63, 3.8) is 0 Å². The second-order valence-electron chi connectivity index (χ2n) is 7.39. The second-order valence-corrected chi connectivity index (χ2v) is 9.24. The van der Waals surface area contributed by atoms with Crippen LogP contribution in [-0.4, -0.2) is 59.6 Å². The van der Waals surface area contributed by atoms with E-state index < -0.39 is 10.0 Å². The molecule has 0 aliphatic carbocycles. The largest absolute Gasteiger partial charge is 0.495 e. The Bertz CT molecular complexity index is 741. The second kappa shape index (κ2) is 9.52. The van der Waals surface area contributed by atoms with Gasteiger partial charge >= 0.3 is 0 Å². The van der Waals surface area contributed by atoms with Crippen LogP contribution in [0.1, 0.15) is 37.0 Å². The number of rotatable bonds is 8. The highest BCUT2D eigenvalue weighted by Crippen LogP contribution is 2.24. The van der Waals surface area contributed by atoms with Crippen molar-refractivity contribution in [2.75, 3.05) is 40.3 Å². The number of nitrogens with zero attached hydrogens (tertiary/aromatic N) is 1. The first-order chi connectivity index (χ1) is 12.8. The topological polar surface area (TPSA) is 87.7 Å². The van der Waals surface area contributed by atoms with Crippen molar-refractivity contribution >= 4 is 15.9 Å². The summed E-state index contributed by atoms with van der Waals surface area (Å²) >= 11 is 0. The molecule has 1 saturated heterocycles. The quantitative estimate of drug-likeness (QED) is 0.652. The van der Waals surface area contributed by atoms with Crippen LogP contribution < -0.4 is 14.8 Å². The van der Waals surface area contributed by atoms with Crippen LogP contribution in [0.5, 0.6) is 5.75 Å². The number of piperidine rings is 1. The zero-order valence-electron chi connectivity index (χ0n) is 16.6. The molecule has 2 unspecified atom stereocenters. The van der Waals surface area contributed by atoms with E-state index in [9.17, 15) is 13.2 Å². The van der Waals surface area contributed by atoms with E-state index in [2.05, 4.69) is 28.8 Å². The maximum atomic E-state index is 12.4. The lowest BCUT2D eigenvalue weighted by Gasteiger charge is -2.34. The summed E-state index contributed by atoms with van der Waals surface area (Å²) in [6, 6.07) is 4.40. The van der Waals surface area contributed by atoms with Crippen LogP contribution in [0.15, 0.2) is 23.1 Å². The smallest absolute Gasteiger partial charge is 0.251 e. The average Bonchev–Trinajstić information content (AvgIpc) is 2.63. The number of likely N-dealkylation sites (tertiary alicyclic amines) is 1. The normalized spacial score (nSPS) is 21.0. The van der Waals surface area contributed by atoms with Gasteiger partial charge in [0, 0.05) is 25.2 Å². The number of benzene rings is 1. The summed E-state index contributed by atoms with van der Waals surface area (Å²) in [5.41, 5.74) is 0.296. The molecule has 152 valence electrons. The van der Waals surface area contributed by atoms with E-state index in [0.29, 0.717) is 12.1 Å². The van der Waals surface area contributed by atoms with E-state index in [1.807, 2.05) is 0 Å². The molecule has 27 heavy (non-hydrogen) atoms. The van der Waals surface area contributed by atoms with E-state index in [-0.39, 0.29) is 16.6 Å². The van der Waals surface area contributed by atoms with Crippen molar-refractivity contribution in [2.45, 2.75) is 31.6 Å². The van der Waals surface area contributed by atoms with Gasteiger partial charge in [-0.2, -0.15) is 0 Å². The zero-order valence-corrected chi connectivity index (χ0v) is 17.4. The standard InChI is InChI=1S/C19H31N3O4S/c1-14-10-15(2)13-22(12-14)9-5-8-21-19(23)16-6-7-17(26-4)18(11-16)27(24,25)20-3/h6-7,11,14-15,20H,5,8-10,12-13H2,1-4H3,(H,21,23). The number of hydrogen-bond acceptors (Lipinski definition) is 5. The molecule has 0 aromatic heterocycles. The number of sulfonamides is 1. The van der Waals surface area contributed by atoms with Gasteiger partial charge in [0.25, 0.3) is 5.91 Å². The van der Waals surface area contributed by atoms with Crippen LogP contribution in [0.4, 0.5) is 0 Å². The number of carbonyl (C=O) groups excluding carboxylic acids is 1. The molecular formula is C19H31N3O4S. The molecule has 1 heterocycles. The highest BCUT2D eigenvalue weighted by molar-refractivity contribution is 7.89. The van der Waals surface area contributed by atoms with Gasteiger partial charge < -0.3 is 15.0 Å². The Labute approximate surface area is 162 Å². The van der Waals surface area contributed by atoms with E-state index in [0.717, 1.165) is 37.9 Å². The predicted molar refractivity (Wildman–Crippen MR) is 106 cm³/mol. The molecule has 2 atom stereocenters. The summed E-state index contributed by atoms with van der Waals surface area (Å²) < 4.78 is 31.6. The minimum Gasteiger partial charge on any atom is -0.495 e. The van der Waals surface area contributed by atoms with E-state index in [1.54, 1.807) is 6.07 Å². The minimum atomic E-state index is -3.71. The molecule has 0 saturated carbocycles. The summed E-state index contributed by atoms with van der Waals surface area (Å²) in [5.74, 6) is 1.35. The SMILES string of the molecule is CNS(=O)(=O)c1cc(C(=O)NCCCN2CC(C)CC(C)C2)ccc1OC. The number of carbonyl (C=O) groups is 1. The summed E-state index contributed by atoms with van der Waals surface area (Å²) in [6.45, 7) is 8.30. The lowest BCUT2D eigenvalue weighted by atomic mass is 9.92. The third kappa shape index (κ3) is 5.92. The summed E-state index contributed by atoms with van der Waals surface area (Å²) in [7, 11) is -0.991. The monoisotopic (exact) mass is 397 g/mol. The van der Waals surface area contributed by atoms with Crippen LogP contribution in [0.25, 0.3) is 0 Å². The van der Waals surface area contributed by atoms with E-state index in [4.69, 9.17) is 4.74 Å². The van der Waals surface area contributed by atoms with Crippen molar-refractivity contribution in [1.82, 2.24) is 14.9 Å². The Kier molecular flexibility index (Phi) is 7.64. The van der Waals surface area contributed by atoms with Crippen LogP contribution in [0.3, 0.4) is 0 Å². The Hall–Kier alpha value is -1.64. The van der Waals surface area contributed by atoms with E-state index >= 15 is 0 Å². The summed E-state index contributed by atoms with van der Waals surface area (Å²) in [6.07, 6.45) is 2.14. The van der Waals surface area contributed by atoms with Gasteiger partial charge in [-0.3, -0.25) is 4.79 Å². The number of amides is 1. The van der Waals surface area contributed by atoms with E-state index in [1.165, 1.54) is 32.7 Å². The highest BCUT2D eigenvalue weighted by atomic mass is 32.2. The molecule has 8 heteroatoms. The first-order valence-corrected chi connectivity index (χ1v) is 10.9. The molecule has 2 rings (SSSR count). The van der Waals surface area contributed by atoms with Crippen molar-refractivity contribution in [3.8, 4) is 5.75 Å². The fraction of sp³-hybridized carbons (Fsp3) is 0.632. The van der Waals surface area contributed by atoms with Gasteiger partial charge in [0.15, 0.2) is 0 Å². The average molecular weight is 398 g/mol. The molecule has 0 radical (unpaired) electrons. The van der Waals surface area contributed by atoms with Crippen LogP contribution >= 0.6 is 0 Å².